The molecule has 0 bridgehead atoms. The molecule has 23 heavy (non-hydrogen) atoms. The Hall–Kier alpha value is -2.12. The van der Waals surface area contributed by atoms with Gasteiger partial charge in [-0.2, -0.15) is 0 Å². The lowest BCUT2D eigenvalue weighted by atomic mass is 10.1. The molecule has 7 heteroatoms. The summed E-state index contributed by atoms with van der Waals surface area (Å²) in [5, 5.41) is 5.98. The molecule has 122 valence electrons. The molecular weight excluding hydrogens is 316 g/mol. The van der Waals surface area contributed by atoms with Crippen molar-refractivity contribution in [3.8, 4) is 0 Å². The zero-order valence-corrected chi connectivity index (χ0v) is 13.3. The van der Waals surface area contributed by atoms with Crippen molar-refractivity contribution >= 4 is 15.7 Å². The Morgan fingerprint density at radius 3 is 2.52 bits per heavy atom. The molecule has 1 fully saturated rings. The largest absolute Gasteiger partial charge is 0.468 e. The Kier molecular flexibility index (Phi) is 4.49. The number of hydrogen-bond acceptors (Lipinski definition) is 5. The zero-order chi connectivity index (χ0) is 16.3. The summed E-state index contributed by atoms with van der Waals surface area (Å²) >= 11 is 0. The van der Waals surface area contributed by atoms with E-state index in [-0.39, 0.29) is 23.5 Å². The van der Waals surface area contributed by atoms with Crippen LogP contribution in [0.1, 0.15) is 16.1 Å². The lowest BCUT2D eigenvalue weighted by Crippen LogP contribution is -2.48. The Morgan fingerprint density at radius 2 is 1.83 bits per heavy atom. The van der Waals surface area contributed by atoms with Gasteiger partial charge in [-0.15, -0.1) is 0 Å². The second-order valence-corrected chi connectivity index (χ2v) is 7.74. The van der Waals surface area contributed by atoms with E-state index in [0.717, 1.165) is 5.76 Å². The molecule has 1 amide bonds. The second kappa shape index (κ2) is 6.55. The van der Waals surface area contributed by atoms with Gasteiger partial charge in [0, 0.05) is 11.6 Å². The van der Waals surface area contributed by atoms with E-state index in [2.05, 4.69) is 10.6 Å². The average molecular weight is 334 g/mol. The van der Waals surface area contributed by atoms with Gasteiger partial charge in [-0.1, -0.05) is 18.2 Å². The topological polar surface area (TPSA) is 88.4 Å². The molecule has 1 aliphatic rings. The molecule has 0 saturated carbocycles. The van der Waals surface area contributed by atoms with Crippen LogP contribution in [0.3, 0.4) is 0 Å². The minimum Gasteiger partial charge on any atom is -0.468 e. The summed E-state index contributed by atoms with van der Waals surface area (Å²) in [6, 6.07) is 11.6. The van der Waals surface area contributed by atoms with Gasteiger partial charge < -0.3 is 15.1 Å². The van der Waals surface area contributed by atoms with Crippen LogP contribution in [-0.2, 0) is 16.4 Å². The van der Waals surface area contributed by atoms with Crippen LogP contribution in [0.2, 0.25) is 0 Å². The molecule has 2 atom stereocenters. The van der Waals surface area contributed by atoms with Gasteiger partial charge in [-0.25, -0.2) is 8.42 Å². The summed E-state index contributed by atoms with van der Waals surface area (Å²) in [4.78, 5) is 12.2. The first-order chi connectivity index (χ1) is 11.0. The van der Waals surface area contributed by atoms with Crippen molar-refractivity contribution in [2.45, 2.75) is 18.6 Å². The summed E-state index contributed by atoms with van der Waals surface area (Å²) in [7, 11) is -3.17. The van der Waals surface area contributed by atoms with E-state index in [9.17, 15) is 13.2 Å². The van der Waals surface area contributed by atoms with Crippen LogP contribution in [0.5, 0.6) is 0 Å². The van der Waals surface area contributed by atoms with E-state index in [1.54, 1.807) is 36.6 Å². The van der Waals surface area contributed by atoms with Gasteiger partial charge in [-0.3, -0.25) is 4.79 Å². The van der Waals surface area contributed by atoms with Crippen LogP contribution < -0.4 is 10.6 Å². The lowest BCUT2D eigenvalue weighted by molar-refractivity contribution is 0.0935. The molecule has 2 N–H and O–H groups in total. The van der Waals surface area contributed by atoms with E-state index in [1.165, 1.54) is 0 Å². The molecule has 1 aromatic carbocycles. The summed E-state index contributed by atoms with van der Waals surface area (Å²) in [5.41, 5.74) is 0.515. The van der Waals surface area contributed by atoms with Crippen LogP contribution in [0.25, 0.3) is 0 Å². The maximum Gasteiger partial charge on any atom is 0.251 e. The van der Waals surface area contributed by atoms with Crippen LogP contribution in [0, 0.1) is 0 Å². The molecule has 1 aliphatic heterocycles. The third-order valence-electron chi connectivity index (χ3n) is 3.82. The number of amides is 1. The van der Waals surface area contributed by atoms with Crippen molar-refractivity contribution in [3.05, 3.63) is 60.1 Å². The smallest absolute Gasteiger partial charge is 0.251 e. The van der Waals surface area contributed by atoms with Crippen molar-refractivity contribution in [1.82, 2.24) is 10.6 Å². The SMILES string of the molecule is O=C(N[C@@H]1CS(=O)(=O)C[C@H]1NCc1ccco1)c1ccccc1. The highest BCUT2D eigenvalue weighted by Gasteiger charge is 2.38. The molecule has 2 heterocycles. The Balaban J connectivity index is 1.66. The van der Waals surface area contributed by atoms with Gasteiger partial charge in [0.1, 0.15) is 5.76 Å². The van der Waals surface area contributed by atoms with Crippen molar-refractivity contribution in [3.63, 3.8) is 0 Å². The van der Waals surface area contributed by atoms with Gasteiger partial charge in [0.2, 0.25) is 0 Å². The maximum absolute atomic E-state index is 12.2. The summed E-state index contributed by atoms with van der Waals surface area (Å²) in [6.45, 7) is 0.422. The van der Waals surface area contributed by atoms with Crippen molar-refractivity contribution in [2.75, 3.05) is 11.5 Å². The van der Waals surface area contributed by atoms with Crippen LogP contribution >= 0.6 is 0 Å². The fourth-order valence-electron chi connectivity index (χ4n) is 2.68. The monoisotopic (exact) mass is 334 g/mol. The van der Waals surface area contributed by atoms with E-state index in [4.69, 9.17) is 4.42 Å². The van der Waals surface area contributed by atoms with Crippen LogP contribution in [0.4, 0.5) is 0 Å². The minimum atomic E-state index is -3.17. The van der Waals surface area contributed by atoms with Crippen molar-refractivity contribution in [1.29, 1.82) is 0 Å². The first kappa shape index (κ1) is 15.8. The van der Waals surface area contributed by atoms with Gasteiger partial charge in [0.05, 0.1) is 30.4 Å². The van der Waals surface area contributed by atoms with Gasteiger partial charge in [-0.05, 0) is 24.3 Å². The quantitative estimate of drug-likeness (QED) is 0.850. The predicted octanol–water partition coefficient (Wildman–Crippen LogP) is 0.965. The highest BCUT2D eigenvalue weighted by molar-refractivity contribution is 7.91. The van der Waals surface area contributed by atoms with Gasteiger partial charge in [0.25, 0.3) is 5.91 Å². The number of furan rings is 1. The molecule has 1 saturated heterocycles. The molecule has 0 spiro atoms. The number of rotatable bonds is 5. The highest BCUT2D eigenvalue weighted by atomic mass is 32.2. The molecule has 0 radical (unpaired) electrons. The van der Waals surface area contributed by atoms with E-state index >= 15 is 0 Å². The standard InChI is InChI=1S/C16H18N2O4S/c19-16(12-5-2-1-3-6-12)18-15-11-23(20,21)10-14(15)17-9-13-7-4-8-22-13/h1-8,14-15,17H,9-11H2,(H,18,19)/t14-,15-/m1/s1. The van der Waals surface area contributed by atoms with Crippen LogP contribution in [0.15, 0.2) is 53.1 Å². The van der Waals surface area contributed by atoms with Gasteiger partial charge in [0.15, 0.2) is 9.84 Å². The average Bonchev–Trinajstić information content (AvgIpc) is 3.13. The number of benzene rings is 1. The molecule has 2 aromatic rings. The lowest BCUT2D eigenvalue weighted by Gasteiger charge is -2.20. The molecule has 1 aromatic heterocycles. The molecule has 0 unspecified atom stereocenters. The molecule has 0 aliphatic carbocycles. The van der Waals surface area contributed by atoms with E-state index < -0.39 is 15.9 Å². The predicted molar refractivity (Wildman–Crippen MR) is 85.7 cm³/mol. The first-order valence-corrected chi connectivity index (χ1v) is 9.18. The summed E-state index contributed by atoms with van der Waals surface area (Å²) < 4.78 is 29.1. The molecule has 6 nitrogen and oxygen atoms in total. The Bertz CT molecular complexity index is 757. The maximum atomic E-state index is 12.2. The Morgan fingerprint density at radius 1 is 1.09 bits per heavy atom. The summed E-state index contributed by atoms with van der Waals surface area (Å²) in [5.74, 6) is 0.411. The van der Waals surface area contributed by atoms with Crippen molar-refractivity contribution < 1.29 is 17.6 Å². The minimum absolute atomic E-state index is 0.00739. The fraction of sp³-hybridized carbons (Fsp3) is 0.312. The Labute approximate surface area is 134 Å². The first-order valence-electron chi connectivity index (χ1n) is 7.35. The third-order valence-corrected chi connectivity index (χ3v) is 5.56. The normalized spacial score (nSPS) is 22.8. The second-order valence-electron chi connectivity index (χ2n) is 5.59. The number of sulfone groups is 1. The number of carbonyl (C=O) groups excluding carboxylic acids is 1. The van der Waals surface area contributed by atoms with Crippen molar-refractivity contribution in [2.24, 2.45) is 0 Å². The molecular formula is C16H18N2O4S. The van der Waals surface area contributed by atoms with Gasteiger partial charge >= 0.3 is 0 Å². The highest BCUT2D eigenvalue weighted by Crippen LogP contribution is 2.15. The number of nitrogens with one attached hydrogen (secondary N) is 2. The fourth-order valence-corrected chi connectivity index (χ4v) is 4.57. The van der Waals surface area contributed by atoms with Crippen LogP contribution in [-0.4, -0.2) is 37.9 Å². The summed E-state index contributed by atoms with van der Waals surface area (Å²) in [6.07, 6.45) is 1.57. The van der Waals surface area contributed by atoms with E-state index in [1.807, 2.05) is 12.1 Å². The third kappa shape index (κ3) is 4.00. The molecule has 3 rings (SSSR count). The van der Waals surface area contributed by atoms with E-state index in [0.29, 0.717) is 12.1 Å². The number of carbonyl (C=O) groups is 1. The number of hydrogen-bond donors (Lipinski definition) is 2. The zero-order valence-electron chi connectivity index (χ0n) is 12.4.